The second-order valence-electron chi connectivity index (χ2n) is 5.63. The highest BCUT2D eigenvalue weighted by Crippen LogP contribution is 2.28. The van der Waals surface area contributed by atoms with E-state index in [0.717, 1.165) is 12.1 Å². The molecule has 0 radical (unpaired) electrons. The summed E-state index contributed by atoms with van der Waals surface area (Å²) in [6.07, 6.45) is 0. The molecule has 0 aliphatic heterocycles. The fraction of sp³-hybridized carbons (Fsp3) is 0.562. The van der Waals surface area contributed by atoms with Crippen LogP contribution in [0.2, 0.25) is 0 Å². The van der Waals surface area contributed by atoms with Gasteiger partial charge in [0.05, 0.1) is 12.5 Å². The van der Waals surface area contributed by atoms with Crippen molar-refractivity contribution in [3.63, 3.8) is 0 Å². The molecule has 21 heavy (non-hydrogen) atoms. The van der Waals surface area contributed by atoms with Gasteiger partial charge in [0.15, 0.2) is 0 Å². The Morgan fingerprint density at radius 2 is 2.10 bits per heavy atom. The Morgan fingerprint density at radius 3 is 2.67 bits per heavy atom. The van der Waals surface area contributed by atoms with E-state index in [1.807, 2.05) is 13.8 Å². The quantitative estimate of drug-likeness (QED) is 0.786. The van der Waals surface area contributed by atoms with Gasteiger partial charge in [-0.25, -0.2) is 4.39 Å². The Labute approximate surface area is 125 Å². The van der Waals surface area contributed by atoms with Crippen LogP contribution in [0.15, 0.2) is 18.2 Å². The summed E-state index contributed by atoms with van der Waals surface area (Å²) in [5.74, 6) is -0.283. The van der Waals surface area contributed by atoms with Crippen molar-refractivity contribution >= 4 is 5.97 Å². The summed E-state index contributed by atoms with van der Waals surface area (Å²) in [7, 11) is 1.34. The lowest BCUT2D eigenvalue weighted by Gasteiger charge is -2.24. The molecule has 0 saturated carbocycles. The van der Waals surface area contributed by atoms with Gasteiger partial charge in [0.2, 0.25) is 0 Å². The molecule has 0 aromatic heterocycles. The first kappa shape index (κ1) is 17.4. The monoisotopic (exact) mass is 297 g/mol. The molecule has 0 aliphatic carbocycles. The Morgan fingerprint density at radius 1 is 1.43 bits per heavy atom. The summed E-state index contributed by atoms with van der Waals surface area (Å²) < 4.78 is 23.9. The van der Waals surface area contributed by atoms with Gasteiger partial charge in [-0.2, -0.15) is 0 Å². The van der Waals surface area contributed by atoms with Gasteiger partial charge in [-0.15, -0.1) is 0 Å². The highest BCUT2D eigenvalue weighted by molar-refractivity contribution is 5.75. The molecule has 1 rings (SSSR count). The summed E-state index contributed by atoms with van der Waals surface area (Å²) in [6, 6.07) is 4.48. The van der Waals surface area contributed by atoms with E-state index in [4.69, 9.17) is 9.47 Å². The number of methoxy groups -OCH3 is 1. The Balaban J connectivity index is 2.91. The van der Waals surface area contributed by atoms with Crippen LogP contribution in [-0.4, -0.2) is 26.2 Å². The number of esters is 1. The topological polar surface area (TPSA) is 47.6 Å². The van der Waals surface area contributed by atoms with Crippen LogP contribution in [0.5, 0.6) is 5.75 Å². The number of hydrogen-bond acceptors (Lipinski definition) is 4. The Kier molecular flexibility index (Phi) is 6.15. The van der Waals surface area contributed by atoms with Crippen LogP contribution in [0.1, 0.15) is 39.3 Å². The van der Waals surface area contributed by atoms with Crippen molar-refractivity contribution in [2.45, 2.75) is 33.7 Å². The van der Waals surface area contributed by atoms with E-state index in [2.05, 4.69) is 5.32 Å². The van der Waals surface area contributed by atoms with Crippen LogP contribution < -0.4 is 10.1 Å². The zero-order valence-electron chi connectivity index (χ0n) is 13.3. The number of carbonyl (C=O) groups is 1. The first-order valence-electron chi connectivity index (χ1n) is 7.06. The summed E-state index contributed by atoms with van der Waals surface area (Å²) in [4.78, 5) is 11.7. The van der Waals surface area contributed by atoms with Gasteiger partial charge in [0.1, 0.15) is 18.2 Å². The highest BCUT2D eigenvalue weighted by Gasteiger charge is 2.30. The maximum Gasteiger partial charge on any atom is 0.314 e. The number of ether oxygens (including phenoxy) is 2. The third kappa shape index (κ3) is 4.70. The molecule has 1 aromatic rings. The van der Waals surface area contributed by atoms with Gasteiger partial charge >= 0.3 is 5.97 Å². The minimum atomic E-state index is -0.792. The Hall–Kier alpha value is -1.62. The number of hydrogen-bond donors (Lipinski definition) is 1. The molecule has 0 aliphatic rings. The number of carbonyl (C=O) groups excluding carboxylic acids is 1. The van der Waals surface area contributed by atoms with Crippen molar-refractivity contribution in [3.05, 3.63) is 29.6 Å². The summed E-state index contributed by atoms with van der Waals surface area (Å²) in [5, 5.41) is 3.26. The minimum absolute atomic E-state index is 0.0341. The van der Waals surface area contributed by atoms with Crippen molar-refractivity contribution < 1.29 is 18.7 Å². The highest BCUT2D eigenvalue weighted by atomic mass is 19.1. The fourth-order valence-electron chi connectivity index (χ4n) is 2.00. The predicted octanol–water partition coefficient (Wildman–Crippen LogP) is 3.07. The van der Waals surface area contributed by atoms with E-state index in [1.165, 1.54) is 19.2 Å². The first-order chi connectivity index (χ1) is 9.81. The standard InChI is InChI=1S/C16H24FNO3/c1-6-18-11(2)13-8-7-12(17)9-14(13)21-10-16(3,4)15(19)20-5/h7-9,11,18H,6,10H2,1-5H3. The predicted molar refractivity (Wildman–Crippen MR) is 79.8 cm³/mol. The van der Waals surface area contributed by atoms with E-state index in [1.54, 1.807) is 19.9 Å². The lowest BCUT2D eigenvalue weighted by molar-refractivity contribution is -0.152. The molecule has 1 N–H and O–H groups in total. The fourth-order valence-corrected chi connectivity index (χ4v) is 2.00. The van der Waals surface area contributed by atoms with Gasteiger partial charge in [0.25, 0.3) is 0 Å². The molecule has 1 aromatic carbocycles. The van der Waals surface area contributed by atoms with Crippen LogP contribution in [0.4, 0.5) is 4.39 Å². The maximum atomic E-state index is 13.4. The second-order valence-corrected chi connectivity index (χ2v) is 5.63. The third-order valence-electron chi connectivity index (χ3n) is 3.28. The van der Waals surface area contributed by atoms with Crippen molar-refractivity contribution in [3.8, 4) is 5.75 Å². The van der Waals surface area contributed by atoms with Crippen LogP contribution in [0, 0.1) is 11.2 Å². The molecular weight excluding hydrogens is 273 g/mol. The molecule has 0 bridgehead atoms. The van der Waals surface area contributed by atoms with E-state index in [0.29, 0.717) is 5.75 Å². The average Bonchev–Trinajstić information content (AvgIpc) is 2.44. The van der Waals surface area contributed by atoms with Crippen LogP contribution in [0.3, 0.4) is 0 Å². The van der Waals surface area contributed by atoms with Crippen molar-refractivity contribution in [2.24, 2.45) is 5.41 Å². The van der Waals surface area contributed by atoms with Crippen molar-refractivity contribution in [1.29, 1.82) is 0 Å². The number of nitrogens with one attached hydrogen (secondary N) is 1. The summed E-state index contributed by atoms with van der Waals surface area (Å²) >= 11 is 0. The zero-order valence-corrected chi connectivity index (χ0v) is 13.3. The lowest BCUT2D eigenvalue weighted by Crippen LogP contribution is -2.32. The first-order valence-corrected chi connectivity index (χ1v) is 7.06. The van der Waals surface area contributed by atoms with Crippen LogP contribution in [-0.2, 0) is 9.53 Å². The summed E-state index contributed by atoms with van der Waals surface area (Å²) in [5.41, 5.74) is 0.0682. The van der Waals surface area contributed by atoms with Gasteiger partial charge < -0.3 is 14.8 Å². The zero-order chi connectivity index (χ0) is 16.0. The molecule has 0 spiro atoms. The SMILES string of the molecule is CCNC(C)c1ccc(F)cc1OCC(C)(C)C(=O)OC. The molecule has 0 amide bonds. The van der Waals surface area contributed by atoms with E-state index in [9.17, 15) is 9.18 Å². The smallest absolute Gasteiger partial charge is 0.314 e. The molecule has 0 saturated heterocycles. The van der Waals surface area contributed by atoms with Crippen LogP contribution in [0.25, 0.3) is 0 Å². The van der Waals surface area contributed by atoms with Gasteiger partial charge in [-0.3, -0.25) is 4.79 Å². The normalized spacial score (nSPS) is 12.9. The number of benzene rings is 1. The van der Waals surface area contributed by atoms with Gasteiger partial charge in [-0.05, 0) is 33.4 Å². The Bertz CT molecular complexity index is 488. The minimum Gasteiger partial charge on any atom is -0.492 e. The van der Waals surface area contributed by atoms with Crippen molar-refractivity contribution in [1.82, 2.24) is 5.32 Å². The molecule has 118 valence electrons. The van der Waals surface area contributed by atoms with Crippen molar-refractivity contribution in [2.75, 3.05) is 20.3 Å². The lowest BCUT2D eigenvalue weighted by atomic mass is 9.95. The second kappa shape index (κ2) is 7.41. The van der Waals surface area contributed by atoms with Gasteiger partial charge in [0, 0.05) is 17.7 Å². The summed E-state index contributed by atoms with van der Waals surface area (Å²) in [6.45, 7) is 8.35. The van der Waals surface area contributed by atoms with Crippen LogP contribution >= 0.6 is 0 Å². The molecule has 1 unspecified atom stereocenters. The van der Waals surface area contributed by atoms with E-state index >= 15 is 0 Å². The number of rotatable bonds is 7. The third-order valence-corrected chi connectivity index (χ3v) is 3.28. The van der Waals surface area contributed by atoms with Gasteiger partial charge in [-0.1, -0.05) is 13.0 Å². The molecule has 0 heterocycles. The molecular formula is C16H24FNO3. The average molecular weight is 297 g/mol. The maximum absolute atomic E-state index is 13.4. The molecule has 4 nitrogen and oxygen atoms in total. The van der Waals surface area contributed by atoms with E-state index < -0.39 is 5.41 Å². The molecule has 1 atom stereocenters. The molecule has 0 fully saturated rings. The van der Waals surface area contributed by atoms with E-state index in [-0.39, 0.29) is 24.4 Å². The molecule has 5 heteroatoms. The largest absolute Gasteiger partial charge is 0.492 e. The number of halogens is 1.